The molecule has 0 saturated heterocycles. The molecule has 1 saturated carbocycles. The molecule has 2 aromatic rings. The van der Waals surface area contributed by atoms with E-state index in [0.717, 1.165) is 29.5 Å². The topological polar surface area (TPSA) is 35.0 Å². The number of aryl methyl sites for hydroxylation is 1. The van der Waals surface area contributed by atoms with Gasteiger partial charge in [-0.3, -0.25) is 0 Å². The van der Waals surface area contributed by atoms with Crippen LogP contribution in [0.4, 0.5) is 4.39 Å². The lowest BCUT2D eigenvalue weighted by atomic mass is 9.78. The fourth-order valence-electron chi connectivity index (χ4n) is 4.78. The highest BCUT2D eigenvalue weighted by atomic mass is 19.1. The van der Waals surface area contributed by atoms with E-state index in [9.17, 15) is 4.39 Å². The number of halogens is 1. The molecular formula is C27H39FN2O. The summed E-state index contributed by atoms with van der Waals surface area (Å²) < 4.78 is 19.4. The van der Waals surface area contributed by atoms with E-state index >= 15 is 0 Å². The number of ether oxygens (including phenoxy) is 1. The molecule has 0 spiro atoms. The van der Waals surface area contributed by atoms with Crippen LogP contribution in [-0.4, -0.2) is 16.8 Å². The number of aromatic nitrogens is 2. The summed E-state index contributed by atoms with van der Waals surface area (Å²) in [6, 6.07) is 8.95. The highest BCUT2D eigenvalue weighted by molar-refractivity contribution is 5.59. The maximum absolute atomic E-state index is 14.1. The smallest absolute Gasteiger partial charge is 0.165 e. The van der Waals surface area contributed by atoms with E-state index in [1.807, 2.05) is 25.1 Å². The first kappa shape index (κ1) is 23.7. The minimum atomic E-state index is -0.359. The van der Waals surface area contributed by atoms with Crippen molar-refractivity contribution in [3.8, 4) is 17.0 Å². The SMILES string of the molecule is CCCCCCCC1CCC(CCc2ccc(-c3ccc(OCC)c(F)c3)nn2)CC1. The van der Waals surface area contributed by atoms with Gasteiger partial charge in [0.2, 0.25) is 0 Å². The molecule has 4 heteroatoms. The third-order valence-corrected chi connectivity index (χ3v) is 6.74. The summed E-state index contributed by atoms with van der Waals surface area (Å²) in [4.78, 5) is 0. The van der Waals surface area contributed by atoms with Crippen LogP contribution in [-0.2, 0) is 6.42 Å². The molecule has 0 N–H and O–H groups in total. The molecule has 1 fully saturated rings. The molecule has 0 aliphatic heterocycles. The molecule has 3 rings (SSSR count). The van der Waals surface area contributed by atoms with Crippen molar-refractivity contribution in [2.75, 3.05) is 6.61 Å². The van der Waals surface area contributed by atoms with Crippen molar-refractivity contribution >= 4 is 0 Å². The Bertz CT molecular complexity index is 769. The van der Waals surface area contributed by atoms with Gasteiger partial charge in [0.1, 0.15) is 0 Å². The van der Waals surface area contributed by atoms with E-state index in [-0.39, 0.29) is 11.6 Å². The molecule has 0 amide bonds. The van der Waals surface area contributed by atoms with Crippen LogP contribution < -0.4 is 4.74 Å². The molecule has 1 aliphatic carbocycles. The molecule has 31 heavy (non-hydrogen) atoms. The second-order valence-corrected chi connectivity index (χ2v) is 9.12. The van der Waals surface area contributed by atoms with Crippen LogP contribution in [0.15, 0.2) is 30.3 Å². The molecule has 1 aromatic heterocycles. The maximum Gasteiger partial charge on any atom is 0.165 e. The minimum absolute atomic E-state index is 0.280. The van der Waals surface area contributed by atoms with Crippen LogP contribution in [0.2, 0.25) is 0 Å². The number of hydrogen-bond acceptors (Lipinski definition) is 3. The Hall–Kier alpha value is -1.97. The maximum atomic E-state index is 14.1. The van der Waals surface area contributed by atoms with E-state index in [4.69, 9.17) is 4.74 Å². The quantitative estimate of drug-likeness (QED) is 0.325. The van der Waals surface area contributed by atoms with E-state index < -0.39 is 0 Å². The van der Waals surface area contributed by atoms with Crippen molar-refractivity contribution in [2.45, 2.75) is 90.9 Å². The number of nitrogens with zero attached hydrogens (tertiary/aromatic N) is 2. The molecule has 170 valence electrons. The number of unbranched alkanes of at least 4 members (excludes halogenated alkanes) is 4. The zero-order valence-electron chi connectivity index (χ0n) is 19.4. The zero-order chi connectivity index (χ0) is 21.9. The van der Waals surface area contributed by atoms with Crippen molar-refractivity contribution in [2.24, 2.45) is 11.8 Å². The molecule has 0 radical (unpaired) electrons. The number of hydrogen-bond donors (Lipinski definition) is 0. The number of rotatable bonds is 12. The molecule has 3 nitrogen and oxygen atoms in total. The molecule has 0 atom stereocenters. The third-order valence-electron chi connectivity index (χ3n) is 6.74. The van der Waals surface area contributed by atoms with Gasteiger partial charge in [0.05, 0.1) is 18.0 Å². The van der Waals surface area contributed by atoms with E-state index in [1.54, 1.807) is 6.07 Å². The van der Waals surface area contributed by atoms with Crippen molar-refractivity contribution in [3.05, 3.63) is 41.8 Å². The van der Waals surface area contributed by atoms with Gasteiger partial charge in [-0.25, -0.2) is 4.39 Å². The van der Waals surface area contributed by atoms with Gasteiger partial charge in [-0.2, -0.15) is 10.2 Å². The van der Waals surface area contributed by atoms with Crippen LogP contribution >= 0.6 is 0 Å². The summed E-state index contributed by atoms with van der Waals surface area (Å²) in [5.41, 5.74) is 2.46. The summed E-state index contributed by atoms with van der Waals surface area (Å²) in [6.07, 6.45) is 16.2. The molecule has 0 bridgehead atoms. The van der Waals surface area contributed by atoms with Gasteiger partial charge >= 0.3 is 0 Å². The van der Waals surface area contributed by atoms with Crippen molar-refractivity contribution in [1.29, 1.82) is 0 Å². The van der Waals surface area contributed by atoms with Gasteiger partial charge in [0.15, 0.2) is 11.6 Å². The van der Waals surface area contributed by atoms with Crippen LogP contribution in [0.25, 0.3) is 11.3 Å². The minimum Gasteiger partial charge on any atom is -0.491 e. The first-order valence-corrected chi connectivity index (χ1v) is 12.4. The summed E-state index contributed by atoms with van der Waals surface area (Å²) in [7, 11) is 0. The van der Waals surface area contributed by atoms with Gasteiger partial charge in [0, 0.05) is 5.56 Å². The van der Waals surface area contributed by atoms with Crippen molar-refractivity contribution in [3.63, 3.8) is 0 Å². The monoisotopic (exact) mass is 426 g/mol. The molecule has 0 unspecified atom stereocenters. The largest absolute Gasteiger partial charge is 0.491 e. The molecule has 1 aliphatic rings. The van der Waals surface area contributed by atoms with Crippen LogP contribution in [0.5, 0.6) is 5.75 Å². The first-order valence-electron chi connectivity index (χ1n) is 12.4. The highest BCUT2D eigenvalue weighted by Crippen LogP contribution is 2.34. The Morgan fingerprint density at radius 3 is 2.26 bits per heavy atom. The third kappa shape index (κ3) is 7.59. The second kappa shape index (κ2) is 12.8. The number of benzene rings is 1. The van der Waals surface area contributed by atoms with Gasteiger partial charge in [-0.1, -0.05) is 71.1 Å². The van der Waals surface area contributed by atoms with Gasteiger partial charge < -0.3 is 4.74 Å². The van der Waals surface area contributed by atoms with E-state index in [2.05, 4.69) is 17.1 Å². The second-order valence-electron chi connectivity index (χ2n) is 9.12. The Balaban J connectivity index is 1.40. The first-order chi connectivity index (χ1) is 15.2. The Kier molecular flexibility index (Phi) is 9.77. The standard InChI is InChI=1S/C27H39FN2O/c1-3-5-6-7-8-9-21-10-12-22(13-11-21)14-16-24-17-18-26(30-29-24)23-15-19-27(31-4-2)25(28)20-23/h15,17-22H,3-14,16H2,1-2H3. The molecule has 1 heterocycles. The molecular weight excluding hydrogens is 387 g/mol. The van der Waals surface area contributed by atoms with Gasteiger partial charge in [-0.05, 0) is 61.9 Å². The lowest BCUT2D eigenvalue weighted by Crippen LogP contribution is -2.15. The summed E-state index contributed by atoms with van der Waals surface area (Å²) in [6.45, 7) is 4.58. The van der Waals surface area contributed by atoms with Gasteiger partial charge in [0.25, 0.3) is 0 Å². The van der Waals surface area contributed by atoms with Crippen molar-refractivity contribution in [1.82, 2.24) is 10.2 Å². The summed E-state index contributed by atoms with van der Waals surface area (Å²) in [5, 5.41) is 8.74. The predicted octanol–water partition coefficient (Wildman–Crippen LogP) is 7.78. The van der Waals surface area contributed by atoms with E-state index in [0.29, 0.717) is 12.3 Å². The fourth-order valence-corrected chi connectivity index (χ4v) is 4.78. The zero-order valence-corrected chi connectivity index (χ0v) is 19.4. The molecule has 1 aromatic carbocycles. The van der Waals surface area contributed by atoms with Crippen molar-refractivity contribution < 1.29 is 9.13 Å². The average molecular weight is 427 g/mol. The fraction of sp³-hybridized carbons (Fsp3) is 0.630. The summed E-state index contributed by atoms with van der Waals surface area (Å²) >= 11 is 0. The predicted molar refractivity (Wildman–Crippen MR) is 126 cm³/mol. The van der Waals surface area contributed by atoms with Crippen LogP contribution in [0.1, 0.15) is 90.2 Å². The highest BCUT2D eigenvalue weighted by Gasteiger charge is 2.21. The Morgan fingerprint density at radius 2 is 1.61 bits per heavy atom. The lowest BCUT2D eigenvalue weighted by Gasteiger charge is -2.28. The van der Waals surface area contributed by atoms with Gasteiger partial charge in [-0.15, -0.1) is 0 Å². The lowest BCUT2D eigenvalue weighted by molar-refractivity contribution is 0.248. The Labute approximate surface area is 187 Å². The van der Waals surface area contributed by atoms with Crippen LogP contribution in [0.3, 0.4) is 0 Å². The normalized spacial score (nSPS) is 18.8. The van der Waals surface area contributed by atoms with Crippen LogP contribution in [0, 0.1) is 17.7 Å². The Morgan fingerprint density at radius 1 is 0.871 bits per heavy atom. The summed E-state index contributed by atoms with van der Waals surface area (Å²) in [5.74, 6) is 1.72. The van der Waals surface area contributed by atoms with E-state index in [1.165, 1.54) is 76.7 Å². The average Bonchev–Trinajstić information content (AvgIpc) is 2.80.